The fourth-order valence-corrected chi connectivity index (χ4v) is 6.15. The van der Waals surface area contributed by atoms with Crippen LogP contribution in [-0.4, -0.2) is 38.2 Å². The van der Waals surface area contributed by atoms with Gasteiger partial charge in [-0.15, -0.1) is 0 Å². The fourth-order valence-electron chi connectivity index (χ4n) is 4.88. The van der Waals surface area contributed by atoms with Crippen molar-refractivity contribution in [3.05, 3.63) is 88.1 Å². The molecule has 0 spiro atoms. The lowest BCUT2D eigenvalue weighted by molar-refractivity contribution is 0.286. The average molecular weight is 569 g/mol. The van der Waals surface area contributed by atoms with Gasteiger partial charge in [0.25, 0.3) is 0 Å². The molecule has 4 N–H and O–H groups in total. The monoisotopic (exact) mass is 568 g/mol. The first kappa shape index (κ1) is 26.9. The van der Waals surface area contributed by atoms with Crippen molar-refractivity contribution < 1.29 is 4.74 Å². The normalized spacial score (nSPS) is 12.4. The molecule has 10 nitrogen and oxygen atoms in total. The summed E-state index contributed by atoms with van der Waals surface area (Å²) in [5.74, 6) is 0.197. The number of fused-ring (bicyclic) bond motifs is 3. The third kappa shape index (κ3) is 5.63. The van der Waals surface area contributed by atoms with Crippen molar-refractivity contribution in [2.45, 2.75) is 49.2 Å². The molecule has 2 aromatic carbocycles. The highest BCUT2D eigenvalue weighted by Gasteiger charge is 2.22. The highest BCUT2D eigenvalue weighted by Crippen LogP contribution is 2.48. The molecule has 0 radical (unpaired) electrons. The molecule has 0 bridgehead atoms. The number of anilines is 3. The standard InChI is InChI=1S/C30H32N8O2S/c1-3-4-13-40-29-35-27(31)26-28(36-29)38(30(39)34-26)18-21-6-8-23-25(15-21)41-24-14-20(5-7-22(24)37(23)2)17-33-16-19-9-11-32-12-10-19/h5-12,14-15,33H,3-4,13,16-18H2,1-2H3,(H,34,39)(H2,31,35,36). The molecule has 11 heteroatoms. The van der Waals surface area contributed by atoms with Crippen molar-refractivity contribution in [1.29, 1.82) is 0 Å². The summed E-state index contributed by atoms with van der Waals surface area (Å²) in [6.07, 6.45) is 5.50. The van der Waals surface area contributed by atoms with E-state index in [0.717, 1.165) is 42.1 Å². The smallest absolute Gasteiger partial charge is 0.328 e. The second-order valence-corrected chi connectivity index (χ2v) is 11.1. The second-order valence-electron chi connectivity index (χ2n) is 10.0. The number of benzene rings is 2. The van der Waals surface area contributed by atoms with E-state index in [2.05, 4.69) is 74.5 Å². The molecule has 41 heavy (non-hydrogen) atoms. The Morgan fingerprint density at radius 2 is 1.68 bits per heavy atom. The van der Waals surface area contributed by atoms with E-state index in [1.54, 1.807) is 16.3 Å². The topological polar surface area (TPSA) is 127 Å². The van der Waals surface area contributed by atoms with Gasteiger partial charge in [0, 0.05) is 42.3 Å². The first-order chi connectivity index (χ1) is 20.0. The second kappa shape index (κ2) is 11.6. The van der Waals surface area contributed by atoms with Crippen LogP contribution in [0.25, 0.3) is 11.2 Å². The molecule has 0 fully saturated rings. The molecule has 210 valence electrons. The Kier molecular flexibility index (Phi) is 7.62. The van der Waals surface area contributed by atoms with Crippen molar-refractivity contribution in [3.8, 4) is 6.01 Å². The molecule has 0 unspecified atom stereocenters. The van der Waals surface area contributed by atoms with Crippen molar-refractivity contribution in [2.75, 3.05) is 24.3 Å². The molecule has 0 aliphatic carbocycles. The van der Waals surface area contributed by atoms with E-state index in [0.29, 0.717) is 24.3 Å². The van der Waals surface area contributed by atoms with Gasteiger partial charge in [-0.3, -0.25) is 9.55 Å². The number of pyridine rings is 1. The van der Waals surface area contributed by atoms with Gasteiger partial charge in [-0.2, -0.15) is 9.97 Å². The lowest BCUT2D eigenvalue weighted by atomic mass is 10.1. The summed E-state index contributed by atoms with van der Waals surface area (Å²) in [5.41, 5.74) is 12.4. The lowest BCUT2D eigenvalue weighted by Gasteiger charge is -2.30. The van der Waals surface area contributed by atoms with Crippen LogP contribution in [0.2, 0.25) is 0 Å². The highest BCUT2D eigenvalue weighted by atomic mass is 32.2. The molecule has 5 aromatic rings. The van der Waals surface area contributed by atoms with E-state index in [9.17, 15) is 4.79 Å². The minimum atomic E-state index is -0.288. The predicted molar refractivity (Wildman–Crippen MR) is 162 cm³/mol. The molecular formula is C30H32N8O2S. The summed E-state index contributed by atoms with van der Waals surface area (Å²) in [6, 6.07) is 17.1. The molecule has 0 saturated heterocycles. The Hall–Kier alpha value is -4.35. The highest BCUT2D eigenvalue weighted by molar-refractivity contribution is 7.99. The first-order valence-electron chi connectivity index (χ1n) is 13.7. The number of imidazole rings is 1. The molecule has 4 heterocycles. The Morgan fingerprint density at radius 3 is 2.44 bits per heavy atom. The summed E-state index contributed by atoms with van der Waals surface area (Å²) in [5, 5.41) is 3.52. The lowest BCUT2D eigenvalue weighted by Crippen LogP contribution is -2.19. The fraction of sp³-hybridized carbons (Fsp3) is 0.267. The van der Waals surface area contributed by atoms with Gasteiger partial charge in [0.1, 0.15) is 5.52 Å². The van der Waals surface area contributed by atoms with Gasteiger partial charge in [-0.25, -0.2) is 4.79 Å². The van der Waals surface area contributed by atoms with Crippen LogP contribution < -0.4 is 26.4 Å². The van der Waals surface area contributed by atoms with Gasteiger partial charge < -0.3 is 25.7 Å². The van der Waals surface area contributed by atoms with Gasteiger partial charge in [-0.1, -0.05) is 37.2 Å². The number of ether oxygens (including phenoxy) is 1. The van der Waals surface area contributed by atoms with Crippen molar-refractivity contribution in [2.24, 2.45) is 0 Å². The van der Waals surface area contributed by atoms with Gasteiger partial charge in [0.15, 0.2) is 11.5 Å². The number of nitrogens with one attached hydrogen (secondary N) is 2. The summed E-state index contributed by atoms with van der Waals surface area (Å²) >= 11 is 1.74. The van der Waals surface area contributed by atoms with Gasteiger partial charge in [-0.05, 0) is 59.5 Å². The van der Waals surface area contributed by atoms with Crippen molar-refractivity contribution in [1.82, 2.24) is 29.8 Å². The van der Waals surface area contributed by atoms with E-state index < -0.39 is 0 Å². The number of aromatic nitrogens is 5. The van der Waals surface area contributed by atoms with Crippen LogP contribution in [0.1, 0.15) is 36.5 Å². The SMILES string of the molecule is CCCCOc1nc(N)c2[nH]c(=O)n(Cc3ccc4c(c3)Sc3cc(CNCc5ccncc5)ccc3N4C)c2n1. The van der Waals surface area contributed by atoms with Crippen molar-refractivity contribution >= 4 is 40.1 Å². The number of nitrogens with zero attached hydrogens (tertiary/aromatic N) is 5. The van der Waals surface area contributed by atoms with Gasteiger partial charge >= 0.3 is 11.7 Å². The maximum atomic E-state index is 12.9. The molecule has 1 aliphatic heterocycles. The van der Waals surface area contributed by atoms with E-state index in [4.69, 9.17) is 10.5 Å². The number of H-pyrrole nitrogens is 1. The van der Waals surface area contributed by atoms with E-state index in [1.807, 2.05) is 30.6 Å². The minimum absolute atomic E-state index is 0.182. The van der Waals surface area contributed by atoms with E-state index in [1.165, 1.54) is 21.7 Å². The van der Waals surface area contributed by atoms with Crippen molar-refractivity contribution in [3.63, 3.8) is 0 Å². The number of hydrogen-bond acceptors (Lipinski definition) is 9. The zero-order valence-corrected chi connectivity index (χ0v) is 23.9. The number of aromatic amines is 1. The number of nitrogen functional groups attached to an aromatic ring is 1. The largest absolute Gasteiger partial charge is 0.463 e. The summed E-state index contributed by atoms with van der Waals surface area (Å²) in [4.78, 5) is 33.0. The maximum absolute atomic E-state index is 12.9. The van der Waals surface area contributed by atoms with Crippen LogP contribution >= 0.6 is 11.8 Å². The zero-order valence-electron chi connectivity index (χ0n) is 23.1. The minimum Gasteiger partial charge on any atom is -0.463 e. The summed E-state index contributed by atoms with van der Waals surface area (Å²) in [6.45, 7) is 4.48. The molecule has 6 rings (SSSR count). The van der Waals surface area contributed by atoms with Crippen LogP contribution in [0, 0.1) is 0 Å². The summed E-state index contributed by atoms with van der Waals surface area (Å²) in [7, 11) is 2.09. The van der Waals surface area contributed by atoms with Crippen LogP contribution in [0.3, 0.4) is 0 Å². The Morgan fingerprint density at radius 1 is 0.976 bits per heavy atom. The predicted octanol–water partition coefficient (Wildman–Crippen LogP) is 4.85. The van der Waals surface area contributed by atoms with Gasteiger partial charge in [0.2, 0.25) is 0 Å². The number of hydrogen-bond donors (Lipinski definition) is 3. The third-order valence-electron chi connectivity index (χ3n) is 7.10. The number of rotatable bonds is 10. The number of unbranched alkanes of at least 4 members (excludes halogenated alkanes) is 1. The maximum Gasteiger partial charge on any atom is 0.328 e. The zero-order chi connectivity index (χ0) is 28.3. The Bertz CT molecular complexity index is 1750. The molecule has 3 aromatic heterocycles. The quantitative estimate of drug-likeness (QED) is 0.203. The Balaban J connectivity index is 1.22. The molecule has 0 amide bonds. The van der Waals surface area contributed by atoms with E-state index in [-0.39, 0.29) is 17.5 Å². The van der Waals surface area contributed by atoms with Crippen LogP contribution in [0.4, 0.5) is 17.2 Å². The Labute approximate surface area is 242 Å². The first-order valence-corrected chi connectivity index (χ1v) is 14.5. The van der Waals surface area contributed by atoms with E-state index >= 15 is 0 Å². The molecule has 0 atom stereocenters. The van der Waals surface area contributed by atoms with Gasteiger partial charge in [0.05, 0.1) is 24.5 Å². The van der Waals surface area contributed by atoms with Crippen LogP contribution in [0.15, 0.2) is 75.5 Å². The van der Waals surface area contributed by atoms with Crippen LogP contribution in [0.5, 0.6) is 6.01 Å². The number of nitrogens with two attached hydrogens (primary N) is 1. The van der Waals surface area contributed by atoms with Crippen LogP contribution in [-0.2, 0) is 19.6 Å². The molecule has 1 aliphatic rings. The summed E-state index contributed by atoms with van der Waals surface area (Å²) < 4.78 is 7.26. The molecular weight excluding hydrogens is 536 g/mol. The average Bonchev–Trinajstić information content (AvgIpc) is 3.29. The third-order valence-corrected chi connectivity index (χ3v) is 8.19. The molecule has 0 saturated carbocycles.